The molecule has 0 fully saturated rings. The predicted molar refractivity (Wildman–Crippen MR) is 106 cm³/mol. The molecule has 7 heteroatoms. The van der Waals surface area contributed by atoms with Gasteiger partial charge in [0.05, 0.1) is 5.69 Å². The second-order valence-electron chi connectivity index (χ2n) is 7.91. The Hall–Kier alpha value is -3.31. The maximum atomic E-state index is 13.6. The molecule has 0 saturated carbocycles. The number of hydrogen-bond donors (Lipinski definition) is 0. The number of hydrogen-bond acceptors (Lipinski definition) is 4. The van der Waals surface area contributed by atoms with Crippen molar-refractivity contribution in [1.82, 2.24) is 0 Å². The number of carbonyl (C=O) groups excluding carboxylic acids is 2. The van der Waals surface area contributed by atoms with E-state index in [1.165, 1.54) is 0 Å². The van der Waals surface area contributed by atoms with Gasteiger partial charge in [-0.1, -0.05) is 52.6 Å². The number of amides is 2. The Bertz CT molecular complexity index is 1000. The third-order valence-electron chi connectivity index (χ3n) is 4.54. The highest BCUT2D eigenvalue weighted by Crippen LogP contribution is 2.48. The summed E-state index contributed by atoms with van der Waals surface area (Å²) in [5.41, 5.74) is 10.1. The molecule has 0 aliphatic carbocycles. The average Bonchev–Trinajstić information content (AvgIpc) is 2.83. The normalized spacial score (nSPS) is 18.5. The number of azide groups is 1. The molecule has 2 aromatic carbocycles. The Balaban J connectivity index is 2.28. The van der Waals surface area contributed by atoms with Crippen LogP contribution in [0.15, 0.2) is 47.6 Å². The number of nitrogens with zero attached hydrogens (tertiary/aromatic N) is 4. The van der Waals surface area contributed by atoms with Gasteiger partial charge in [-0.25, -0.2) is 9.69 Å². The summed E-state index contributed by atoms with van der Waals surface area (Å²) in [6.07, 6.45) is -0.801. The van der Waals surface area contributed by atoms with E-state index < -0.39 is 23.1 Å². The van der Waals surface area contributed by atoms with Crippen LogP contribution < -0.4 is 4.90 Å². The van der Waals surface area contributed by atoms with Crippen LogP contribution in [0.5, 0.6) is 0 Å². The lowest BCUT2D eigenvalue weighted by molar-refractivity contribution is -0.121. The van der Waals surface area contributed by atoms with Crippen LogP contribution in [0, 0.1) is 13.8 Å². The number of ether oxygens (including phenoxy) is 1. The Kier molecular flexibility index (Phi) is 4.65. The van der Waals surface area contributed by atoms with Gasteiger partial charge in [-0.3, -0.25) is 4.79 Å². The summed E-state index contributed by atoms with van der Waals surface area (Å²) >= 11 is 0. The summed E-state index contributed by atoms with van der Waals surface area (Å²) in [7, 11) is 0. The van der Waals surface area contributed by atoms with Crippen LogP contribution in [0.4, 0.5) is 10.5 Å². The number of imide groups is 1. The highest BCUT2D eigenvalue weighted by Gasteiger charge is 2.55. The monoisotopic (exact) mass is 378 g/mol. The molecule has 1 atom stereocenters. The Morgan fingerprint density at radius 1 is 1.11 bits per heavy atom. The van der Waals surface area contributed by atoms with Crippen LogP contribution >= 0.6 is 0 Å². The summed E-state index contributed by atoms with van der Waals surface area (Å²) in [4.78, 5) is 30.3. The van der Waals surface area contributed by atoms with Crippen molar-refractivity contribution < 1.29 is 14.3 Å². The van der Waals surface area contributed by atoms with Crippen LogP contribution in [0.2, 0.25) is 0 Å². The van der Waals surface area contributed by atoms with E-state index in [-0.39, 0.29) is 0 Å². The SMILES string of the molecule is Cc1ccc([C@@]2(N=[N+]=[N-])C(=O)N(C(=O)OC(C)(C)C)c3ccc(C)cc32)cc1. The van der Waals surface area contributed by atoms with Crippen molar-refractivity contribution in [2.75, 3.05) is 4.90 Å². The molecule has 0 bridgehead atoms. The second kappa shape index (κ2) is 6.69. The van der Waals surface area contributed by atoms with Crippen molar-refractivity contribution in [3.05, 3.63) is 75.2 Å². The van der Waals surface area contributed by atoms with Gasteiger partial charge < -0.3 is 4.74 Å². The maximum Gasteiger partial charge on any atom is 0.421 e. The number of anilines is 1. The van der Waals surface area contributed by atoms with Gasteiger partial charge in [-0.05, 0) is 51.8 Å². The molecule has 28 heavy (non-hydrogen) atoms. The van der Waals surface area contributed by atoms with Crippen LogP contribution in [0.3, 0.4) is 0 Å². The lowest BCUT2D eigenvalue weighted by Gasteiger charge is -2.26. The van der Waals surface area contributed by atoms with Crippen molar-refractivity contribution in [2.24, 2.45) is 5.11 Å². The lowest BCUT2D eigenvalue weighted by Crippen LogP contribution is -2.45. The van der Waals surface area contributed by atoms with Crippen molar-refractivity contribution in [3.8, 4) is 0 Å². The highest BCUT2D eigenvalue weighted by molar-refractivity contribution is 6.22. The largest absolute Gasteiger partial charge is 0.443 e. The van der Waals surface area contributed by atoms with Crippen LogP contribution in [-0.4, -0.2) is 17.6 Å². The fraction of sp³-hybridized carbons (Fsp3) is 0.333. The summed E-state index contributed by atoms with van der Waals surface area (Å²) in [6.45, 7) is 8.97. The highest BCUT2D eigenvalue weighted by atomic mass is 16.6. The molecule has 1 aliphatic rings. The van der Waals surface area contributed by atoms with E-state index in [0.717, 1.165) is 16.0 Å². The molecule has 2 aromatic rings. The summed E-state index contributed by atoms with van der Waals surface area (Å²) in [5, 5.41) is 3.93. The molecule has 0 unspecified atom stereocenters. The van der Waals surface area contributed by atoms with E-state index in [1.54, 1.807) is 51.1 Å². The van der Waals surface area contributed by atoms with Gasteiger partial charge in [0.2, 0.25) is 0 Å². The molecular weight excluding hydrogens is 356 g/mol. The maximum absolute atomic E-state index is 13.6. The first-order valence-corrected chi connectivity index (χ1v) is 8.92. The van der Waals surface area contributed by atoms with Gasteiger partial charge >= 0.3 is 6.09 Å². The quantitative estimate of drug-likeness (QED) is 0.411. The second-order valence-corrected chi connectivity index (χ2v) is 7.91. The molecule has 0 N–H and O–H groups in total. The van der Waals surface area contributed by atoms with Gasteiger partial charge in [-0.15, -0.1) is 0 Å². The van der Waals surface area contributed by atoms with Gasteiger partial charge in [0.25, 0.3) is 5.91 Å². The van der Waals surface area contributed by atoms with Crippen molar-refractivity contribution in [1.29, 1.82) is 0 Å². The Labute approximate surface area is 163 Å². The smallest absolute Gasteiger partial charge is 0.421 e. The molecule has 3 rings (SSSR count). The third-order valence-corrected chi connectivity index (χ3v) is 4.54. The molecule has 0 saturated heterocycles. The summed E-state index contributed by atoms with van der Waals surface area (Å²) in [5.74, 6) is -0.649. The van der Waals surface area contributed by atoms with Crippen molar-refractivity contribution in [2.45, 2.75) is 45.8 Å². The average molecular weight is 378 g/mol. The summed E-state index contributed by atoms with van der Waals surface area (Å²) < 4.78 is 5.44. The fourth-order valence-electron chi connectivity index (χ4n) is 3.31. The zero-order valence-electron chi connectivity index (χ0n) is 16.6. The molecule has 0 radical (unpaired) electrons. The minimum absolute atomic E-state index is 0.359. The number of fused-ring (bicyclic) bond motifs is 1. The van der Waals surface area contributed by atoms with Gasteiger partial charge in [0, 0.05) is 10.5 Å². The summed E-state index contributed by atoms with van der Waals surface area (Å²) in [6, 6.07) is 12.4. The third kappa shape index (κ3) is 3.10. The van der Waals surface area contributed by atoms with Crippen molar-refractivity contribution >= 4 is 17.7 Å². The van der Waals surface area contributed by atoms with Gasteiger partial charge in [-0.2, -0.15) is 0 Å². The fourth-order valence-corrected chi connectivity index (χ4v) is 3.31. The van der Waals surface area contributed by atoms with E-state index in [9.17, 15) is 15.1 Å². The van der Waals surface area contributed by atoms with Crippen molar-refractivity contribution in [3.63, 3.8) is 0 Å². The minimum Gasteiger partial charge on any atom is -0.443 e. The molecule has 2 amide bonds. The van der Waals surface area contributed by atoms with Crippen LogP contribution in [0.25, 0.3) is 10.4 Å². The molecular formula is C21H22N4O3. The molecule has 0 aromatic heterocycles. The molecule has 0 spiro atoms. The van der Waals surface area contributed by atoms with E-state index in [1.807, 2.05) is 26.0 Å². The standard InChI is InChI=1S/C21H22N4O3/c1-13-6-9-15(10-7-13)21(23-24-22)16-12-14(2)8-11-17(16)25(18(21)26)19(27)28-20(3,4)5/h6-12H,1-5H3/t21-/m0/s1. The van der Waals surface area contributed by atoms with E-state index >= 15 is 0 Å². The number of aryl methyl sites for hydroxylation is 2. The van der Waals surface area contributed by atoms with Crippen LogP contribution in [0.1, 0.15) is 43.0 Å². The van der Waals surface area contributed by atoms with Gasteiger partial charge in [0.15, 0.2) is 5.54 Å². The zero-order valence-corrected chi connectivity index (χ0v) is 16.6. The molecule has 7 nitrogen and oxygen atoms in total. The first-order chi connectivity index (χ1) is 13.1. The van der Waals surface area contributed by atoms with E-state index in [4.69, 9.17) is 4.74 Å². The number of carbonyl (C=O) groups is 2. The van der Waals surface area contributed by atoms with E-state index in [2.05, 4.69) is 10.0 Å². The van der Waals surface area contributed by atoms with Crippen LogP contribution in [-0.2, 0) is 15.1 Å². The number of benzene rings is 2. The minimum atomic E-state index is -1.67. The molecule has 144 valence electrons. The predicted octanol–water partition coefficient (Wildman–Crippen LogP) is 5.14. The Morgan fingerprint density at radius 3 is 2.29 bits per heavy atom. The number of rotatable bonds is 2. The van der Waals surface area contributed by atoms with Gasteiger partial charge in [0.1, 0.15) is 5.60 Å². The topological polar surface area (TPSA) is 95.4 Å². The first-order valence-electron chi connectivity index (χ1n) is 8.92. The van der Waals surface area contributed by atoms with E-state index in [0.29, 0.717) is 16.8 Å². The molecule has 1 heterocycles. The Morgan fingerprint density at radius 2 is 1.71 bits per heavy atom. The lowest BCUT2D eigenvalue weighted by atomic mass is 9.84. The first kappa shape index (κ1) is 19.5. The zero-order chi connectivity index (χ0) is 20.7. The molecule has 1 aliphatic heterocycles.